The molecule has 188 valence electrons. The number of carbonyl (C=O) groups excluding carboxylic acids is 1. The summed E-state index contributed by atoms with van der Waals surface area (Å²) in [5, 5.41) is 3.89. The summed E-state index contributed by atoms with van der Waals surface area (Å²) in [6.45, 7) is 4.74. The zero-order valence-corrected chi connectivity index (χ0v) is 19.8. The quantitative estimate of drug-likeness (QED) is 0.347. The van der Waals surface area contributed by atoms with Gasteiger partial charge >= 0.3 is 11.9 Å². The van der Waals surface area contributed by atoms with Crippen LogP contribution in [0.2, 0.25) is 5.02 Å². The van der Waals surface area contributed by atoms with Gasteiger partial charge in [0.2, 0.25) is 5.89 Å². The van der Waals surface area contributed by atoms with Crippen LogP contribution in [-0.4, -0.2) is 35.6 Å². The number of rotatable bonds is 7. The second-order valence-electron chi connectivity index (χ2n) is 7.55. The van der Waals surface area contributed by atoms with Crippen LogP contribution in [0.25, 0.3) is 0 Å². The second-order valence-corrected chi connectivity index (χ2v) is 9.62. The van der Waals surface area contributed by atoms with Crippen molar-refractivity contribution in [1.82, 2.24) is 19.9 Å². The SMILES string of the molecule is Cc1ccc(F)c([C@@H](C)[C@H](NS(=O)(=O)c2ccc(Cl)c(C(=O)C(F)(F)F)n2)c2n[nH]c(=O)o2)c1C. The van der Waals surface area contributed by atoms with E-state index in [0.29, 0.717) is 11.1 Å². The summed E-state index contributed by atoms with van der Waals surface area (Å²) in [7, 11) is -4.78. The Morgan fingerprint density at radius 3 is 2.43 bits per heavy atom. The zero-order valence-electron chi connectivity index (χ0n) is 18.2. The fourth-order valence-corrected chi connectivity index (χ4v) is 4.78. The topological polar surface area (TPSA) is 135 Å². The van der Waals surface area contributed by atoms with Gasteiger partial charge in [0.05, 0.1) is 5.02 Å². The molecular formula is C20H17ClF4N4O5S. The molecule has 0 saturated heterocycles. The van der Waals surface area contributed by atoms with Crippen LogP contribution < -0.4 is 10.5 Å². The Kier molecular flexibility index (Phi) is 7.20. The summed E-state index contributed by atoms with van der Waals surface area (Å²) in [5.41, 5.74) is -0.0610. The van der Waals surface area contributed by atoms with Gasteiger partial charge in [0.1, 0.15) is 17.6 Å². The van der Waals surface area contributed by atoms with Crippen molar-refractivity contribution < 1.29 is 35.2 Å². The monoisotopic (exact) mass is 536 g/mol. The van der Waals surface area contributed by atoms with Gasteiger partial charge in [-0.05, 0) is 48.7 Å². The fourth-order valence-electron chi connectivity index (χ4n) is 3.37. The number of hydrogen-bond acceptors (Lipinski definition) is 7. The maximum atomic E-state index is 14.7. The average Bonchev–Trinajstić information content (AvgIpc) is 3.20. The van der Waals surface area contributed by atoms with Crippen LogP contribution >= 0.6 is 11.6 Å². The number of ketones is 1. The van der Waals surface area contributed by atoms with Gasteiger partial charge < -0.3 is 4.42 Å². The van der Waals surface area contributed by atoms with E-state index >= 15 is 0 Å². The number of benzene rings is 1. The van der Waals surface area contributed by atoms with Crippen LogP contribution in [-0.2, 0) is 10.0 Å². The summed E-state index contributed by atoms with van der Waals surface area (Å²) in [6, 6.07) is 2.73. The van der Waals surface area contributed by atoms with E-state index in [9.17, 15) is 35.6 Å². The first-order valence-corrected chi connectivity index (χ1v) is 11.6. The number of H-pyrrole nitrogens is 1. The number of alkyl halides is 3. The third-order valence-electron chi connectivity index (χ3n) is 5.26. The van der Waals surface area contributed by atoms with E-state index < -0.39 is 67.1 Å². The van der Waals surface area contributed by atoms with Crippen LogP contribution in [0.15, 0.2) is 38.5 Å². The highest BCUT2D eigenvalue weighted by Crippen LogP contribution is 2.35. The molecule has 2 atom stereocenters. The maximum Gasteiger partial charge on any atom is 0.456 e. The lowest BCUT2D eigenvalue weighted by Gasteiger charge is -2.25. The van der Waals surface area contributed by atoms with E-state index in [4.69, 9.17) is 16.0 Å². The van der Waals surface area contributed by atoms with Crippen molar-refractivity contribution in [1.29, 1.82) is 0 Å². The molecule has 0 aliphatic rings. The average molecular weight is 537 g/mol. The summed E-state index contributed by atoms with van der Waals surface area (Å²) in [4.78, 5) is 26.4. The lowest BCUT2D eigenvalue weighted by atomic mass is 9.88. The number of halogens is 5. The minimum absolute atomic E-state index is 0.0837. The molecule has 15 heteroatoms. The molecule has 1 aromatic carbocycles. The van der Waals surface area contributed by atoms with Crippen LogP contribution in [0.4, 0.5) is 17.6 Å². The van der Waals surface area contributed by atoms with Crippen LogP contribution in [0.3, 0.4) is 0 Å². The predicted octanol–water partition coefficient (Wildman–Crippen LogP) is 3.74. The third kappa shape index (κ3) is 5.44. The largest absolute Gasteiger partial charge is 0.456 e. The van der Waals surface area contributed by atoms with Gasteiger partial charge in [-0.2, -0.15) is 17.9 Å². The number of hydrogen-bond donors (Lipinski definition) is 2. The normalized spacial score (nSPS) is 14.1. The molecule has 2 N–H and O–H groups in total. The first-order valence-electron chi connectivity index (χ1n) is 9.75. The summed E-state index contributed by atoms with van der Waals surface area (Å²) >= 11 is 5.63. The predicted molar refractivity (Wildman–Crippen MR) is 114 cm³/mol. The molecule has 0 fully saturated rings. The van der Waals surface area contributed by atoms with Crippen LogP contribution in [0.1, 0.15) is 52.0 Å². The minimum atomic E-state index is -5.36. The van der Waals surface area contributed by atoms with Crippen molar-refractivity contribution in [3.05, 3.63) is 73.9 Å². The zero-order chi connectivity index (χ0) is 26.3. The number of carbonyl (C=O) groups is 1. The lowest BCUT2D eigenvalue weighted by molar-refractivity contribution is -0.0888. The molecule has 0 aliphatic heterocycles. The number of aromatic amines is 1. The Labute approximate surface area is 200 Å². The van der Waals surface area contributed by atoms with Crippen molar-refractivity contribution >= 4 is 27.4 Å². The number of nitrogens with zero attached hydrogens (tertiary/aromatic N) is 2. The molecule has 3 rings (SSSR count). The highest BCUT2D eigenvalue weighted by molar-refractivity contribution is 7.89. The fraction of sp³-hybridized carbons (Fsp3) is 0.300. The lowest BCUT2D eigenvalue weighted by Crippen LogP contribution is -2.34. The second kappa shape index (κ2) is 9.51. The number of aromatic nitrogens is 3. The molecular weight excluding hydrogens is 520 g/mol. The number of Topliss-reactive ketones (excluding diaryl/α,β-unsaturated/α-hetero) is 1. The molecule has 0 radical (unpaired) electrons. The van der Waals surface area contributed by atoms with Gasteiger partial charge in [-0.15, -0.1) is 5.10 Å². The molecule has 0 bridgehead atoms. The van der Waals surface area contributed by atoms with Gasteiger partial charge in [0, 0.05) is 5.92 Å². The van der Waals surface area contributed by atoms with Crippen LogP contribution in [0.5, 0.6) is 0 Å². The van der Waals surface area contributed by atoms with Crippen molar-refractivity contribution in [2.45, 2.75) is 43.9 Å². The van der Waals surface area contributed by atoms with Gasteiger partial charge in [0.25, 0.3) is 15.8 Å². The standard InChI is InChI=1S/C20H17ClF4N4O5S/c1-8-4-6-12(22)14(9(8)2)10(3)15(18-27-28-19(31)34-18)29-35(32,33)13-7-5-11(21)16(26-13)17(30)20(23,24)25/h4-7,10,15,29H,1-3H3,(H,28,31)/t10-,15+/m1/s1. The number of sulfonamides is 1. The van der Waals surface area contributed by atoms with Gasteiger partial charge in [-0.3, -0.25) is 4.79 Å². The maximum absolute atomic E-state index is 14.7. The first kappa shape index (κ1) is 26.5. The van der Waals surface area contributed by atoms with Crippen molar-refractivity contribution in [2.24, 2.45) is 0 Å². The van der Waals surface area contributed by atoms with Crippen LogP contribution in [0, 0.1) is 19.7 Å². The number of nitrogens with one attached hydrogen (secondary N) is 2. The molecule has 0 unspecified atom stereocenters. The summed E-state index contributed by atoms with van der Waals surface area (Å²) < 4.78 is 86.5. The molecule has 3 aromatic rings. The third-order valence-corrected chi connectivity index (χ3v) is 6.91. The highest BCUT2D eigenvalue weighted by Gasteiger charge is 2.42. The molecule has 0 aliphatic carbocycles. The van der Waals surface area contributed by atoms with Crippen molar-refractivity contribution in [2.75, 3.05) is 0 Å². The number of pyridine rings is 1. The van der Waals surface area contributed by atoms with E-state index in [1.807, 2.05) is 5.10 Å². The highest BCUT2D eigenvalue weighted by atomic mass is 35.5. The van der Waals surface area contributed by atoms with E-state index in [1.165, 1.54) is 19.1 Å². The van der Waals surface area contributed by atoms with Gasteiger partial charge in [0.15, 0.2) is 5.03 Å². The Hall–Kier alpha value is -3.10. The molecule has 35 heavy (non-hydrogen) atoms. The van der Waals surface area contributed by atoms with Crippen molar-refractivity contribution in [3.8, 4) is 0 Å². The Bertz CT molecular complexity index is 1450. The van der Waals surface area contributed by atoms with E-state index in [2.05, 4.69) is 14.8 Å². The van der Waals surface area contributed by atoms with E-state index in [-0.39, 0.29) is 5.56 Å². The smallest absolute Gasteiger partial charge is 0.391 e. The molecule has 0 saturated carbocycles. The summed E-state index contributed by atoms with van der Waals surface area (Å²) in [6.07, 6.45) is -5.36. The molecule has 2 aromatic heterocycles. The molecule has 9 nitrogen and oxygen atoms in total. The van der Waals surface area contributed by atoms with Gasteiger partial charge in [-0.25, -0.2) is 27.7 Å². The van der Waals surface area contributed by atoms with Crippen molar-refractivity contribution in [3.63, 3.8) is 0 Å². The Morgan fingerprint density at radius 2 is 1.86 bits per heavy atom. The van der Waals surface area contributed by atoms with Gasteiger partial charge in [-0.1, -0.05) is 24.6 Å². The Balaban J connectivity index is 2.10. The van der Waals surface area contributed by atoms with E-state index in [1.54, 1.807) is 13.8 Å². The molecule has 0 amide bonds. The number of aryl methyl sites for hydroxylation is 1. The Morgan fingerprint density at radius 1 is 1.20 bits per heavy atom. The molecule has 2 heterocycles. The summed E-state index contributed by atoms with van der Waals surface area (Å²) in [5.74, 6) is -5.64. The first-order chi connectivity index (χ1) is 16.1. The van der Waals surface area contributed by atoms with E-state index in [0.717, 1.165) is 12.1 Å². The molecule has 0 spiro atoms. The minimum Gasteiger partial charge on any atom is -0.391 e.